The molecule has 0 atom stereocenters. The molecule has 0 bridgehead atoms. The van der Waals surface area contributed by atoms with Gasteiger partial charge in [0.1, 0.15) is 0 Å². The third-order valence-corrected chi connectivity index (χ3v) is 4.67. The molecule has 0 aliphatic rings. The minimum absolute atomic E-state index is 0.214. The number of ketones is 1. The average Bonchev–Trinajstić information content (AvgIpc) is 2.90. The SMILES string of the molecule is CCc1ccc(C(=O)CN(C)Cc2ccccc2C)s1. The van der Waals surface area contributed by atoms with Crippen LogP contribution in [0.25, 0.3) is 0 Å². The van der Waals surface area contributed by atoms with Crippen LogP contribution in [0.3, 0.4) is 0 Å². The molecule has 0 amide bonds. The number of likely N-dealkylation sites (N-methyl/N-ethyl adjacent to an activating group) is 1. The molecule has 2 aromatic rings. The van der Waals surface area contributed by atoms with Gasteiger partial charge >= 0.3 is 0 Å². The van der Waals surface area contributed by atoms with Crippen LogP contribution < -0.4 is 0 Å². The Balaban J connectivity index is 1.96. The second-order valence-electron chi connectivity index (χ2n) is 5.14. The molecule has 0 radical (unpaired) electrons. The lowest BCUT2D eigenvalue weighted by atomic mass is 10.1. The molecule has 0 unspecified atom stereocenters. The number of aryl methyl sites for hydroxylation is 2. The van der Waals surface area contributed by atoms with Gasteiger partial charge in [-0.3, -0.25) is 9.69 Å². The summed E-state index contributed by atoms with van der Waals surface area (Å²) in [6.07, 6.45) is 0.997. The number of rotatable bonds is 6. The minimum Gasteiger partial charge on any atom is -0.295 e. The van der Waals surface area contributed by atoms with E-state index < -0.39 is 0 Å². The summed E-state index contributed by atoms with van der Waals surface area (Å²) in [6, 6.07) is 12.3. The van der Waals surface area contributed by atoms with Crippen LogP contribution in [0.2, 0.25) is 0 Å². The highest BCUT2D eigenvalue weighted by molar-refractivity contribution is 7.14. The first-order chi connectivity index (χ1) is 9.60. The van der Waals surface area contributed by atoms with E-state index in [9.17, 15) is 4.79 Å². The van der Waals surface area contributed by atoms with Gasteiger partial charge in [0.15, 0.2) is 5.78 Å². The molecular weight excluding hydrogens is 266 g/mol. The van der Waals surface area contributed by atoms with Crippen molar-refractivity contribution in [1.29, 1.82) is 0 Å². The molecule has 2 nitrogen and oxygen atoms in total. The summed E-state index contributed by atoms with van der Waals surface area (Å²) in [5, 5.41) is 0. The predicted octanol–water partition coefficient (Wildman–Crippen LogP) is 3.93. The van der Waals surface area contributed by atoms with Gasteiger partial charge < -0.3 is 0 Å². The lowest BCUT2D eigenvalue weighted by Crippen LogP contribution is -2.25. The van der Waals surface area contributed by atoms with Gasteiger partial charge in [-0.05, 0) is 43.7 Å². The zero-order chi connectivity index (χ0) is 14.5. The molecular formula is C17H21NOS. The van der Waals surface area contributed by atoms with E-state index in [4.69, 9.17) is 0 Å². The van der Waals surface area contributed by atoms with E-state index in [0.717, 1.165) is 17.8 Å². The van der Waals surface area contributed by atoms with E-state index in [-0.39, 0.29) is 5.78 Å². The smallest absolute Gasteiger partial charge is 0.186 e. The van der Waals surface area contributed by atoms with Gasteiger partial charge in [-0.2, -0.15) is 0 Å². The number of benzene rings is 1. The van der Waals surface area contributed by atoms with Crippen LogP contribution in [0.1, 0.15) is 32.6 Å². The van der Waals surface area contributed by atoms with Crippen molar-refractivity contribution in [2.24, 2.45) is 0 Å². The number of nitrogens with zero attached hydrogens (tertiary/aromatic N) is 1. The maximum absolute atomic E-state index is 12.2. The summed E-state index contributed by atoms with van der Waals surface area (Å²) in [7, 11) is 2.00. The van der Waals surface area contributed by atoms with E-state index in [0.29, 0.717) is 6.54 Å². The molecule has 0 fully saturated rings. The molecule has 0 N–H and O–H groups in total. The van der Waals surface area contributed by atoms with Crippen LogP contribution in [0, 0.1) is 6.92 Å². The summed E-state index contributed by atoms with van der Waals surface area (Å²) in [5.41, 5.74) is 2.56. The molecule has 0 spiro atoms. The fourth-order valence-corrected chi connectivity index (χ4v) is 3.05. The molecule has 0 aliphatic heterocycles. The largest absolute Gasteiger partial charge is 0.295 e. The molecule has 0 saturated carbocycles. The molecule has 1 aromatic heterocycles. The van der Waals surface area contributed by atoms with Crippen molar-refractivity contribution in [3.63, 3.8) is 0 Å². The highest BCUT2D eigenvalue weighted by Gasteiger charge is 2.12. The lowest BCUT2D eigenvalue weighted by molar-refractivity contribution is 0.0947. The van der Waals surface area contributed by atoms with Crippen LogP contribution >= 0.6 is 11.3 Å². The second-order valence-corrected chi connectivity index (χ2v) is 6.31. The van der Waals surface area contributed by atoms with E-state index >= 15 is 0 Å². The summed E-state index contributed by atoms with van der Waals surface area (Å²) in [5.74, 6) is 0.214. The molecule has 106 valence electrons. The number of hydrogen-bond acceptors (Lipinski definition) is 3. The first kappa shape index (κ1) is 14.9. The van der Waals surface area contributed by atoms with Crippen molar-refractivity contribution in [1.82, 2.24) is 4.90 Å². The number of hydrogen-bond donors (Lipinski definition) is 0. The second kappa shape index (κ2) is 6.82. The monoisotopic (exact) mass is 287 g/mol. The Morgan fingerprint density at radius 1 is 1.20 bits per heavy atom. The van der Waals surface area contributed by atoms with Crippen LogP contribution in [-0.4, -0.2) is 24.3 Å². The number of carbonyl (C=O) groups excluding carboxylic acids is 1. The number of carbonyl (C=O) groups is 1. The Kier molecular flexibility index (Phi) is 5.10. The van der Waals surface area contributed by atoms with Crippen molar-refractivity contribution in [3.8, 4) is 0 Å². The Morgan fingerprint density at radius 2 is 1.95 bits per heavy atom. The first-order valence-corrected chi connectivity index (χ1v) is 7.76. The highest BCUT2D eigenvalue weighted by atomic mass is 32.1. The lowest BCUT2D eigenvalue weighted by Gasteiger charge is -2.16. The minimum atomic E-state index is 0.214. The molecule has 2 rings (SSSR count). The Bertz CT molecular complexity index is 588. The molecule has 1 heterocycles. The van der Waals surface area contributed by atoms with E-state index in [1.165, 1.54) is 16.0 Å². The highest BCUT2D eigenvalue weighted by Crippen LogP contribution is 2.18. The van der Waals surface area contributed by atoms with Crippen molar-refractivity contribution in [2.45, 2.75) is 26.8 Å². The fraction of sp³-hybridized carbons (Fsp3) is 0.353. The van der Waals surface area contributed by atoms with Crippen LogP contribution in [0.5, 0.6) is 0 Å². The third kappa shape index (κ3) is 3.78. The first-order valence-electron chi connectivity index (χ1n) is 6.95. The Morgan fingerprint density at radius 3 is 2.60 bits per heavy atom. The van der Waals surface area contributed by atoms with Gasteiger partial charge in [-0.25, -0.2) is 0 Å². The quantitative estimate of drug-likeness (QED) is 0.750. The summed E-state index contributed by atoms with van der Waals surface area (Å²) in [6.45, 7) is 5.50. The topological polar surface area (TPSA) is 20.3 Å². The molecule has 1 aromatic carbocycles. The van der Waals surface area contributed by atoms with Gasteiger partial charge in [-0.15, -0.1) is 11.3 Å². The van der Waals surface area contributed by atoms with Crippen molar-refractivity contribution in [2.75, 3.05) is 13.6 Å². The number of thiophene rings is 1. The predicted molar refractivity (Wildman–Crippen MR) is 85.5 cm³/mol. The summed E-state index contributed by atoms with van der Waals surface area (Å²) >= 11 is 1.62. The number of Topliss-reactive ketones (excluding diaryl/α,β-unsaturated/α-hetero) is 1. The molecule has 20 heavy (non-hydrogen) atoms. The van der Waals surface area contributed by atoms with E-state index in [2.05, 4.69) is 36.9 Å². The molecule has 0 aliphatic carbocycles. The molecule has 3 heteroatoms. The van der Waals surface area contributed by atoms with Crippen LogP contribution in [0.4, 0.5) is 0 Å². The third-order valence-electron chi connectivity index (χ3n) is 3.40. The van der Waals surface area contributed by atoms with E-state index in [1.807, 2.05) is 25.2 Å². The van der Waals surface area contributed by atoms with Gasteiger partial charge in [-0.1, -0.05) is 31.2 Å². The maximum atomic E-state index is 12.2. The normalized spacial score (nSPS) is 11.0. The van der Waals surface area contributed by atoms with Gasteiger partial charge in [0, 0.05) is 11.4 Å². The van der Waals surface area contributed by atoms with Crippen molar-refractivity contribution >= 4 is 17.1 Å². The Hall–Kier alpha value is -1.45. The van der Waals surface area contributed by atoms with E-state index in [1.54, 1.807) is 11.3 Å². The average molecular weight is 287 g/mol. The van der Waals surface area contributed by atoms with Crippen LogP contribution in [0.15, 0.2) is 36.4 Å². The van der Waals surface area contributed by atoms with Crippen LogP contribution in [-0.2, 0) is 13.0 Å². The molecule has 0 saturated heterocycles. The standard InChI is InChI=1S/C17H21NOS/c1-4-15-9-10-17(20-15)16(19)12-18(3)11-14-8-6-5-7-13(14)2/h5-10H,4,11-12H2,1-3H3. The zero-order valence-corrected chi connectivity index (χ0v) is 13.2. The zero-order valence-electron chi connectivity index (χ0n) is 12.3. The summed E-state index contributed by atoms with van der Waals surface area (Å²) < 4.78 is 0. The van der Waals surface area contributed by atoms with Gasteiger partial charge in [0.05, 0.1) is 11.4 Å². The van der Waals surface area contributed by atoms with Crippen molar-refractivity contribution < 1.29 is 4.79 Å². The van der Waals surface area contributed by atoms with Gasteiger partial charge in [0.25, 0.3) is 0 Å². The van der Waals surface area contributed by atoms with Crippen molar-refractivity contribution in [3.05, 3.63) is 57.3 Å². The maximum Gasteiger partial charge on any atom is 0.186 e. The summed E-state index contributed by atoms with van der Waals surface area (Å²) in [4.78, 5) is 16.5. The fourth-order valence-electron chi connectivity index (χ4n) is 2.18. The van der Waals surface area contributed by atoms with Gasteiger partial charge in [0.2, 0.25) is 0 Å². The Labute approximate surface area is 125 Å².